The number of amides is 2. The number of benzene rings is 1. The van der Waals surface area contributed by atoms with Crippen molar-refractivity contribution in [3.05, 3.63) is 48.5 Å². The van der Waals surface area contributed by atoms with Crippen LogP contribution >= 0.6 is 0 Å². The lowest BCUT2D eigenvalue weighted by Gasteiger charge is -2.17. The van der Waals surface area contributed by atoms with Crippen molar-refractivity contribution in [2.24, 2.45) is 5.92 Å². The molecule has 1 unspecified atom stereocenters. The van der Waals surface area contributed by atoms with Gasteiger partial charge in [-0.1, -0.05) is 25.1 Å². The first-order chi connectivity index (χ1) is 12.2. The molecular weight excluding hydrogens is 316 g/mol. The number of nitrogens with zero attached hydrogens (tertiary/aromatic N) is 3. The number of hydrogen-bond donors (Lipinski definition) is 1. The Morgan fingerprint density at radius 3 is 2.88 bits per heavy atom. The molecule has 1 aliphatic heterocycles. The molecule has 3 rings (SSSR count). The van der Waals surface area contributed by atoms with Gasteiger partial charge in [0.25, 0.3) is 0 Å². The smallest absolute Gasteiger partial charge is 0.227 e. The largest absolute Gasteiger partial charge is 0.356 e. The van der Waals surface area contributed by atoms with Gasteiger partial charge in [0.2, 0.25) is 11.8 Å². The molecule has 0 radical (unpaired) electrons. The summed E-state index contributed by atoms with van der Waals surface area (Å²) in [7, 11) is 0. The van der Waals surface area contributed by atoms with Crippen LogP contribution in [0, 0.1) is 5.92 Å². The Balaban J connectivity index is 1.44. The highest BCUT2D eigenvalue weighted by atomic mass is 16.2. The van der Waals surface area contributed by atoms with Crippen LogP contribution in [0.1, 0.15) is 25.6 Å². The maximum Gasteiger partial charge on any atom is 0.227 e. The molecule has 1 N–H and O–H groups in total. The van der Waals surface area contributed by atoms with Gasteiger partial charge in [0.15, 0.2) is 0 Å². The molecule has 2 heterocycles. The number of anilines is 1. The quantitative estimate of drug-likeness (QED) is 0.838. The molecule has 2 amide bonds. The lowest BCUT2D eigenvalue weighted by Crippen LogP contribution is -2.31. The normalized spacial score (nSPS) is 17.1. The molecule has 2 aromatic rings. The Bertz CT molecular complexity index is 726. The molecule has 1 aromatic carbocycles. The van der Waals surface area contributed by atoms with Crippen molar-refractivity contribution in [1.29, 1.82) is 0 Å². The number of aryl methyl sites for hydroxylation is 2. The molecule has 25 heavy (non-hydrogen) atoms. The number of hydrogen-bond acceptors (Lipinski definition) is 3. The number of carbonyl (C=O) groups excluding carboxylic acids is 2. The van der Waals surface area contributed by atoms with E-state index in [0.29, 0.717) is 32.5 Å². The van der Waals surface area contributed by atoms with E-state index in [-0.39, 0.29) is 17.7 Å². The van der Waals surface area contributed by atoms with E-state index in [9.17, 15) is 9.59 Å². The molecule has 1 aromatic heterocycles. The van der Waals surface area contributed by atoms with Crippen molar-refractivity contribution in [3.63, 3.8) is 0 Å². The zero-order valence-corrected chi connectivity index (χ0v) is 14.5. The van der Waals surface area contributed by atoms with E-state index in [1.807, 2.05) is 41.1 Å². The van der Waals surface area contributed by atoms with E-state index in [2.05, 4.69) is 17.2 Å². The van der Waals surface area contributed by atoms with Crippen LogP contribution in [0.2, 0.25) is 0 Å². The third-order valence-electron chi connectivity index (χ3n) is 4.56. The zero-order chi connectivity index (χ0) is 17.6. The summed E-state index contributed by atoms with van der Waals surface area (Å²) in [5.41, 5.74) is 0.925. The highest BCUT2D eigenvalue weighted by molar-refractivity contribution is 5.95. The number of carbonyl (C=O) groups is 2. The highest BCUT2D eigenvalue weighted by Crippen LogP contribution is 2.24. The van der Waals surface area contributed by atoms with Crippen molar-refractivity contribution < 1.29 is 9.59 Å². The zero-order valence-electron chi connectivity index (χ0n) is 14.5. The van der Waals surface area contributed by atoms with Crippen LogP contribution in [0.3, 0.4) is 0 Å². The van der Waals surface area contributed by atoms with E-state index in [1.54, 1.807) is 11.1 Å². The minimum Gasteiger partial charge on any atom is -0.356 e. The third-order valence-corrected chi connectivity index (χ3v) is 4.56. The number of rotatable bonds is 7. The van der Waals surface area contributed by atoms with Gasteiger partial charge in [0, 0.05) is 62.9 Å². The maximum absolute atomic E-state index is 12.2. The molecule has 1 fully saturated rings. The number of para-hydroxylation sites is 1. The second kappa shape index (κ2) is 7.96. The van der Waals surface area contributed by atoms with Gasteiger partial charge in [-0.05, 0) is 12.1 Å². The lowest BCUT2D eigenvalue weighted by atomic mass is 10.1. The Kier molecular flexibility index (Phi) is 5.48. The molecule has 1 atom stereocenters. The van der Waals surface area contributed by atoms with E-state index >= 15 is 0 Å². The third kappa shape index (κ3) is 4.26. The first-order valence-corrected chi connectivity index (χ1v) is 8.79. The van der Waals surface area contributed by atoms with Crippen molar-refractivity contribution in [1.82, 2.24) is 14.9 Å². The van der Waals surface area contributed by atoms with Gasteiger partial charge in [0.1, 0.15) is 5.82 Å². The standard InChI is InChI=1S/C19H24N4O2/c1-2-17-20-9-11-22(17)10-8-18(24)21-13-15-12-19(25)23(14-15)16-6-4-3-5-7-16/h3-7,9,11,15H,2,8,10,12-14H2,1H3,(H,21,24). The molecule has 1 aliphatic rings. The van der Waals surface area contributed by atoms with E-state index < -0.39 is 0 Å². The average molecular weight is 340 g/mol. The molecular formula is C19H24N4O2. The van der Waals surface area contributed by atoms with Crippen LogP contribution in [0.4, 0.5) is 5.69 Å². The van der Waals surface area contributed by atoms with E-state index in [4.69, 9.17) is 0 Å². The van der Waals surface area contributed by atoms with Crippen LogP contribution in [-0.2, 0) is 22.6 Å². The Morgan fingerprint density at radius 1 is 1.32 bits per heavy atom. The van der Waals surface area contributed by atoms with Gasteiger partial charge in [-0.25, -0.2) is 4.98 Å². The van der Waals surface area contributed by atoms with Crippen LogP contribution in [-0.4, -0.2) is 34.5 Å². The van der Waals surface area contributed by atoms with Gasteiger partial charge in [-0.2, -0.15) is 0 Å². The fourth-order valence-electron chi connectivity index (χ4n) is 3.20. The summed E-state index contributed by atoms with van der Waals surface area (Å²) in [4.78, 5) is 30.3. The molecule has 132 valence electrons. The Morgan fingerprint density at radius 2 is 2.12 bits per heavy atom. The molecule has 6 nitrogen and oxygen atoms in total. The van der Waals surface area contributed by atoms with Crippen LogP contribution < -0.4 is 10.2 Å². The first-order valence-electron chi connectivity index (χ1n) is 8.79. The molecule has 6 heteroatoms. The molecule has 0 spiro atoms. The van der Waals surface area contributed by atoms with Gasteiger partial charge in [0.05, 0.1) is 0 Å². The van der Waals surface area contributed by atoms with Crippen LogP contribution in [0.15, 0.2) is 42.7 Å². The highest BCUT2D eigenvalue weighted by Gasteiger charge is 2.30. The summed E-state index contributed by atoms with van der Waals surface area (Å²) in [6.45, 7) is 3.88. The Labute approximate surface area is 147 Å². The second-order valence-electron chi connectivity index (χ2n) is 6.35. The fraction of sp³-hybridized carbons (Fsp3) is 0.421. The van der Waals surface area contributed by atoms with Gasteiger partial charge >= 0.3 is 0 Å². The molecule has 0 bridgehead atoms. The molecule has 1 saturated heterocycles. The van der Waals surface area contributed by atoms with Crippen LogP contribution in [0.5, 0.6) is 0 Å². The Hall–Kier alpha value is -2.63. The lowest BCUT2D eigenvalue weighted by molar-refractivity contribution is -0.122. The first kappa shape index (κ1) is 17.2. The van der Waals surface area contributed by atoms with Gasteiger partial charge in [-0.3, -0.25) is 9.59 Å². The fourth-order valence-corrected chi connectivity index (χ4v) is 3.20. The summed E-state index contributed by atoms with van der Waals surface area (Å²) < 4.78 is 2.01. The summed E-state index contributed by atoms with van der Waals surface area (Å²) in [6, 6.07) is 9.67. The molecule has 0 saturated carbocycles. The average Bonchev–Trinajstić information content (AvgIpc) is 3.24. The van der Waals surface area contributed by atoms with Gasteiger partial charge in [-0.15, -0.1) is 0 Å². The van der Waals surface area contributed by atoms with Crippen LogP contribution in [0.25, 0.3) is 0 Å². The monoisotopic (exact) mass is 340 g/mol. The van der Waals surface area contributed by atoms with Gasteiger partial charge < -0.3 is 14.8 Å². The SMILES string of the molecule is CCc1nccn1CCC(=O)NCC1CC(=O)N(c2ccccc2)C1. The summed E-state index contributed by atoms with van der Waals surface area (Å²) in [5, 5.41) is 2.97. The maximum atomic E-state index is 12.2. The summed E-state index contributed by atoms with van der Waals surface area (Å²) >= 11 is 0. The minimum atomic E-state index is 0.0152. The van der Waals surface area contributed by atoms with E-state index in [0.717, 1.165) is 17.9 Å². The molecule has 0 aliphatic carbocycles. The minimum absolute atomic E-state index is 0.0152. The number of aromatic nitrogens is 2. The number of nitrogens with one attached hydrogen (secondary N) is 1. The second-order valence-corrected chi connectivity index (χ2v) is 6.35. The number of imidazole rings is 1. The van der Waals surface area contributed by atoms with E-state index in [1.165, 1.54) is 0 Å². The van der Waals surface area contributed by atoms with Crippen molar-refractivity contribution >= 4 is 17.5 Å². The predicted molar refractivity (Wildman–Crippen MR) is 96.1 cm³/mol. The van der Waals surface area contributed by atoms with Crippen molar-refractivity contribution in [2.75, 3.05) is 18.0 Å². The topological polar surface area (TPSA) is 67.2 Å². The summed E-state index contributed by atoms with van der Waals surface area (Å²) in [6.07, 6.45) is 5.43. The van der Waals surface area contributed by atoms with Crippen molar-refractivity contribution in [2.45, 2.75) is 32.7 Å². The van der Waals surface area contributed by atoms with Crippen molar-refractivity contribution in [3.8, 4) is 0 Å². The predicted octanol–water partition coefficient (Wildman–Crippen LogP) is 2.00. The summed E-state index contributed by atoms with van der Waals surface area (Å²) in [5.74, 6) is 1.29.